The molecular formula is C44H64N8O6. The van der Waals surface area contributed by atoms with Crippen LogP contribution in [-0.4, -0.2) is 113 Å². The Hall–Kier alpha value is -5.24. The van der Waals surface area contributed by atoms with E-state index in [4.69, 9.17) is 4.74 Å². The predicted octanol–water partition coefficient (Wildman–Crippen LogP) is 5.35. The quantitative estimate of drug-likeness (QED) is 0.235. The zero-order chi connectivity index (χ0) is 42.6. The summed E-state index contributed by atoms with van der Waals surface area (Å²) in [5.74, 6) is -1.13. The second-order valence-electron chi connectivity index (χ2n) is 16.9. The van der Waals surface area contributed by atoms with E-state index in [1.54, 1.807) is 48.2 Å². The van der Waals surface area contributed by atoms with E-state index in [2.05, 4.69) is 21.0 Å². The van der Waals surface area contributed by atoms with E-state index in [1.807, 2.05) is 96.2 Å². The molecule has 5 amide bonds. The molecule has 3 unspecified atom stereocenters. The highest BCUT2D eigenvalue weighted by atomic mass is 16.6. The minimum Gasteiger partial charge on any atom is -0.444 e. The standard InChI is InChI=1S/C41H55N7O6.C3H9N/c1-7-34(49)44-32(38(52)47-24-25-48(39(53)54-40(2,3)4)41(5,27-47)30-16-12-9-13-17-30)26-28-18-20-31(21-19-28)43-37(51)35(29-14-10-8-11-15-29)45-36(50)33-22-23-42-46(33)6;1-4(2)3/h9,12-13,16-23,29,32,35H,7-8,10-11,14-15,24-27H2,1-6H3,(H,43,51)(H,44,49)(H,45,50);1-3H3. The summed E-state index contributed by atoms with van der Waals surface area (Å²) in [6.45, 7) is 9.86. The Morgan fingerprint density at radius 2 is 1.55 bits per heavy atom. The number of aromatic nitrogens is 2. The number of anilines is 1. The molecule has 2 fully saturated rings. The lowest BCUT2D eigenvalue weighted by Crippen LogP contribution is -2.64. The van der Waals surface area contributed by atoms with Crippen LogP contribution < -0.4 is 16.0 Å². The van der Waals surface area contributed by atoms with Crippen molar-refractivity contribution in [2.24, 2.45) is 13.0 Å². The van der Waals surface area contributed by atoms with Gasteiger partial charge in [-0.2, -0.15) is 5.10 Å². The Kier molecular flexibility index (Phi) is 16.0. The smallest absolute Gasteiger partial charge is 0.411 e. The molecular weight excluding hydrogens is 737 g/mol. The van der Waals surface area contributed by atoms with Crippen molar-refractivity contribution in [3.8, 4) is 0 Å². The zero-order valence-electron chi connectivity index (χ0n) is 35.8. The van der Waals surface area contributed by atoms with Gasteiger partial charge in [0, 0.05) is 51.4 Å². The number of piperazine rings is 1. The molecule has 0 radical (unpaired) electrons. The number of nitrogens with one attached hydrogen (secondary N) is 3. The molecule has 2 heterocycles. The minimum absolute atomic E-state index is 0.0129. The fourth-order valence-electron chi connectivity index (χ4n) is 7.42. The van der Waals surface area contributed by atoms with Crippen LogP contribution in [0.5, 0.6) is 0 Å². The van der Waals surface area contributed by atoms with Gasteiger partial charge in [0.05, 0.1) is 5.54 Å². The van der Waals surface area contributed by atoms with Crippen molar-refractivity contribution in [3.05, 3.63) is 83.7 Å². The summed E-state index contributed by atoms with van der Waals surface area (Å²) >= 11 is 0. The number of carbonyl (C=O) groups excluding carboxylic acids is 5. The fraction of sp³-hybridized carbons (Fsp3) is 0.545. The van der Waals surface area contributed by atoms with Crippen LogP contribution in [0.1, 0.15) is 94.8 Å². The van der Waals surface area contributed by atoms with Gasteiger partial charge < -0.3 is 30.5 Å². The van der Waals surface area contributed by atoms with Crippen LogP contribution in [0.2, 0.25) is 0 Å². The number of hydrogen-bond acceptors (Lipinski definition) is 8. The lowest BCUT2D eigenvalue weighted by molar-refractivity contribution is -0.141. The molecule has 14 nitrogen and oxygen atoms in total. The van der Waals surface area contributed by atoms with Crippen molar-refractivity contribution in [1.29, 1.82) is 0 Å². The molecule has 1 aliphatic carbocycles. The number of benzene rings is 2. The van der Waals surface area contributed by atoms with Crippen molar-refractivity contribution < 1.29 is 28.7 Å². The summed E-state index contributed by atoms with van der Waals surface area (Å²) in [6.07, 6.45) is 6.34. The summed E-state index contributed by atoms with van der Waals surface area (Å²) < 4.78 is 7.26. The van der Waals surface area contributed by atoms with Crippen LogP contribution in [-0.2, 0) is 38.1 Å². The Balaban J connectivity index is 0.00000178. The lowest BCUT2D eigenvalue weighted by Gasteiger charge is -2.49. The van der Waals surface area contributed by atoms with Crippen LogP contribution in [0.4, 0.5) is 10.5 Å². The number of amides is 5. The highest BCUT2D eigenvalue weighted by Gasteiger charge is 2.45. The minimum atomic E-state index is -0.886. The average molecular weight is 801 g/mol. The van der Waals surface area contributed by atoms with Crippen LogP contribution >= 0.6 is 0 Å². The van der Waals surface area contributed by atoms with Crippen molar-refractivity contribution in [1.82, 2.24) is 35.1 Å². The van der Waals surface area contributed by atoms with Crippen LogP contribution in [0.25, 0.3) is 0 Å². The highest BCUT2D eigenvalue weighted by Crippen LogP contribution is 2.34. The maximum Gasteiger partial charge on any atom is 0.411 e. The Bertz CT molecular complexity index is 1830. The first-order chi connectivity index (χ1) is 27.4. The van der Waals surface area contributed by atoms with E-state index < -0.39 is 29.3 Å². The third kappa shape index (κ3) is 12.6. The van der Waals surface area contributed by atoms with Crippen molar-refractivity contribution >= 4 is 35.4 Å². The fourth-order valence-corrected chi connectivity index (χ4v) is 7.42. The monoisotopic (exact) mass is 800 g/mol. The van der Waals surface area contributed by atoms with Crippen molar-refractivity contribution in [2.45, 2.75) is 103 Å². The molecule has 316 valence electrons. The first-order valence-corrected chi connectivity index (χ1v) is 20.4. The van der Waals surface area contributed by atoms with Crippen molar-refractivity contribution in [2.75, 3.05) is 46.1 Å². The Morgan fingerprint density at radius 3 is 2.12 bits per heavy atom. The summed E-state index contributed by atoms with van der Waals surface area (Å²) in [5, 5.41) is 13.0. The van der Waals surface area contributed by atoms with Gasteiger partial charge in [-0.3, -0.25) is 28.8 Å². The third-order valence-electron chi connectivity index (χ3n) is 10.4. The molecule has 5 rings (SSSR count). The molecule has 3 N–H and O–H groups in total. The molecule has 1 saturated carbocycles. The molecule has 1 aromatic heterocycles. The van der Waals surface area contributed by atoms with Crippen LogP contribution in [0, 0.1) is 5.92 Å². The van der Waals surface area contributed by atoms with Crippen molar-refractivity contribution in [3.63, 3.8) is 0 Å². The maximum absolute atomic E-state index is 14.3. The van der Waals surface area contributed by atoms with E-state index in [9.17, 15) is 24.0 Å². The SMILES string of the molecule is CCC(=O)NC(Cc1ccc(NC(=O)C(NC(=O)c2ccnn2C)C2CCCCC2)cc1)C(=O)N1CCN(C(=O)OC(C)(C)C)C(C)(c2ccccc2)C1.CN(C)C. The van der Waals surface area contributed by atoms with Gasteiger partial charge in [0.15, 0.2) is 0 Å². The number of rotatable bonds is 11. The van der Waals surface area contributed by atoms with E-state index in [0.717, 1.165) is 43.2 Å². The van der Waals surface area contributed by atoms with Gasteiger partial charge in [-0.15, -0.1) is 0 Å². The molecule has 0 bridgehead atoms. The van der Waals surface area contributed by atoms with Gasteiger partial charge in [0.1, 0.15) is 23.4 Å². The Labute approximate surface area is 344 Å². The second-order valence-corrected chi connectivity index (χ2v) is 16.9. The Morgan fingerprint density at radius 1 is 0.914 bits per heavy atom. The topological polar surface area (TPSA) is 158 Å². The molecule has 3 atom stereocenters. The molecule has 1 saturated heterocycles. The summed E-state index contributed by atoms with van der Waals surface area (Å²) in [6, 6.07) is 16.8. The largest absolute Gasteiger partial charge is 0.444 e. The zero-order valence-corrected chi connectivity index (χ0v) is 35.8. The number of aryl methyl sites for hydroxylation is 1. The van der Waals surface area contributed by atoms with Crippen LogP contribution in [0.3, 0.4) is 0 Å². The molecule has 2 aliphatic rings. The number of carbonyl (C=O) groups is 5. The van der Waals surface area contributed by atoms with E-state index in [-0.39, 0.29) is 62.0 Å². The first-order valence-electron chi connectivity index (χ1n) is 20.4. The normalized spacial score (nSPS) is 18.3. The second kappa shape index (κ2) is 20.4. The van der Waals surface area contributed by atoms with Gasteiger partial charge in [0.2, 0.25) is 17.7 Å². The molecule has 1 aliphatic heterocycles. The maximum atomic E-state index is 14.3. The highest BCUT2D eigenvalue weighted by molar-refractivity contribution is 6.00. The number of hydrogen-bond donors (Lipinski definition) is 3. The number of nitrogens with zero attached hydrogens (tertiary/aromatic N) is 5. The van der Waals surface area contributed by atoms with Crippen LogP contribution in [0.15, 0.2) is 66.9 Å². The molecule has 0 spiro atoms. The molecule has 3 aromatic rings. The number of ether oxygens (including phenoxy) is 1. The molecule has 14 heteroatoms. The van der Waals surface area contributed by atoms with E-state index in [0.29, 0.717) is 11.4 Å². The summed E-state index contributed by atoms with van der Waals surface area (Å²) in [7, 11) is 7.69. The first kappa shape index (κ1) is 45.5. The summed E-state index contributed by atoms with van der Waals surface area (Å²) in [5.41, 5.74) is 1.00. The molecule has 58 heavy (non-hydrogen) atoms. The lowest BCUT2D eigenvalue weighted by atomic mass is 9.83. The van der Waals surface area contributed by atoms with Gasteiger partial charge in [0.25, 0.3) is 5.91 Å². The van der Waals surface area contributed by atoms with E-state index >= 15 is 0 Å². The predicted molar refractivity (Wildman–Crippen MR) is 225 cm³/mol. The van der Waals surface area contributed by atoms with Gasteiger partial charge in [-0.25, -0.2) is 4.79 Å². The summed E-state index contributed by atoms with van der Waals surface area (Å²) in [4.78, 5) is 72.7. The molecule has 2 aromatic carbocycles. The van der Waals surface area contributed by atoms with Gasteiger partial charge in [-0.05, 0) is 96.9 Å². The average Bonchev–Trinajstić information content (AvgIpc) is 3.62. The van der Waals surface area contributed by atoms with Gasteiger partial charge in [-0.1, -0.05) is 68.7 Å². The van der Waals surface area contributed by atoms with E-state index in [1.165, 1.54) is 4.68 Å². The third-order valence-corrected chi connectivity index (χ3v) is 10.4. The van der Waals surface area contributed by atoms with Gasteiger partial charge >= 0.3 is 6.09 Å².